The van der Waals surface area contributed by atoms with Gasteiger partial charge in [0.1, 0.15) is 0 Å². The Morgan fingerprint density at radius 2 is 2.40 bits per heavy atom. The van der Waals surface area contributed by atoms with Crippen molar-refractivity contribution in [2.24, 2.45) is 5.92 Å². The summed E-state index contributed by atoms with van der Waals surface area (Å²) < 4.78 is 0. The molecule has 1 aliphatic carbocycles. The summed E-state index contributed by atoms with van der Waals surface area (Å²) in [5.41, 5.74) is 1.23. The average Bonchev–Trinajstić information content (AvgIpc) is 2.91. The standard InChI is InChI=1S/C12H20N2S/c1-3-6-13-9(2)11-8-15-12(14-11)7-10-4-5-10/h8-10,13H,3-7H2,1-2H3. The van der Waals surface area contributed by atoms with Crippen molar-refractivity contribution in [3.8, 4) is 0 Å². The Morgan fingerprint density at radius 3 is 3.07 bits per heavy atom. The van der Waals surface area contributed by atoms with Crippen LogP contribution in [0.15, 0.2) is 5.38 Å². The lowest BCUT2D eigenvalue weighted by Gasteiger charge is -2.09. The van der Waals surface area contributed by atoms with Crippen molar-refractivity contribution in [3.63, 3.8) is 0 Å². The molecule has 0 bridgehead atoms. The molecular weight excluding hydrogens is 204 g/mol. The number of rotatable bonds is 6. The van der Waals surface area contributed by atoms with E-state index in [1.165, 1.54) is 36.4 Å². The molecule has 1 aliphatic rings. The molecule has 1 N–H and O–H groups in total. The maximum Gasteiger partial charge on any atom is 0.0931 e. The van der Waals surface area contributed by atoms with Crippen LogP contribution in [0.2, 0.25) is 0 Å². The maximum atomic E-state index is 4.70. The molecule has 1 heterocycles. The molecule has 1 unspecified atom stereocenters. The number of thiazole rings is 1. The van der Waals surface area contributed by atoms with Crippen LogP contribution < -0.4 is 5.32 Å². The first-order valence-electron chi connectivity index (χ1n) is 5.97. The van der Waals surface area contributed by atoms with Crippen LogP contribution >= 0.6 is 11.3 Å². The summed E-state index contributed by atoms with van der Waals surface area (Å²) in [4.78, 5) is 4.70. The molecule has 0 saturated heterocycles. The van der Waals surface area contributed by atoms with Gasteiger partial charge < -0.3 is 5.32 Å². The highest BCUT2D eigenvalue weighted by Gasteiger charge is 2.23. The molecule has 84 valence electrons. The summed E-state index contributed by atoms with van der Waals surface area (Å²) in [6.07, 6.45) is 5.23. The summed E-state index contributed by atoms with van der Waals surface area (Å²) in [5, 5.41) is 7.02. The van der Waals surface area contributed by atoms with Gasteiger partial charge in [-0.15, -0.1) is 11.3 Å². The molecule has 0 spiro atoms. The molecule has 1 atom stereocenters. The first kappa shape index (κ1) is 11.1. The minimum Gasteiger partial charge on any atom is -0.309 e. The van der Waals surface area contributed by atoms with Gasteiger partial charge in [-0.1, -0.05) is 6.92 Å². The van der Waals surface area contributed by atoms with Gasteiger partial charge >= 0.3 is 0 Å². The Balaban J connectivity index is 1.86. The fourth-order valence-corrected chi connectivity index (χ4v) is 2.66. The van der Waals surface area contributed by atoms with E-state index in [-0.39, 0.29) is 0 Å². The van der Waals surface area contributed by atoms with E-state index < -0.39 is 0 Å². The molecule has 1 fully saturated rings. The molecular formula is C12H20N2S. The largest absolute Gasteiger partial charge is 0.309 e. The third kappa shape index (κ3) is 3.28. The molecule has 1 aromatic rings. The van der Waals surface area contributed by atoms with Crippen LogP contribution in [-0.4, -0.2) is 11.5 Å². The van der Waals surface area contributed by atoms with E-state index in [1.54, 1.807) is 0 Å². The zero-order valence-electron chi connectivity index (χ0n) is 9.62. The predicted octanol–water partition coefficient (Wildman–Crippen LogP) is 3.16. The lowest BCUT2D eigenvalue weighted by Crippen LogP contribution is -2.19. The van der Waals surface area contributed by atoms with E-state index in [1.807, 2.05) is 11.3 Å². The minimum atomic E-state index is 0.411. The summed E-state index contributed by atoms with van der Waals surface area (Å²) in [7, 11) is 0. The zero-order chi connectivity index (χ0) is 10.7. The van der Waals surface area contributed by atoms with Crippen LogP contribution in [0, 0.1) is 5.92 Å². The minimum absolute atomic E-state index is 0.411. The topological polar surface area (TPSA) is 24.9 Å². The normalized spacial score (nSPS) is 18.0. The van der Waals surface area contributed by atoms with E-state index in [0.717, 1.165) is 12.5 Å². The van der Waals surface area contributed by atoms with Crippen LogP contribution in [0.3, 0.4) is 0 Å². The van der Waals surface area contributed by atoms with E-state index in [9.17, 15) is 0 Å². The quantitative estimate of drug-likeness (QED) is 0.803. The fraction of sp³-hybridized carbons (Fsp3) is 0.750. The van der Waals surface area contributed by atoms with Gasteiger partial charge in [0.2, 0.25) is 0 Å². The van der Waals surface area contributed by atoms with Gasteiger partial charge in [-0.05, 0) is 38.6 Å². The second-order valence-corrected chi connectivity index (χ2v) is 5.43. The van der Waals surface area contributed by atoms with E-state index in [0.29, 0.717) is 6.04 Å². The Labute approximate surface area is 96.1 Å². The third-order valence-corrected chi connectivity index (χ3v) is 3.76. The van der Waals surface area contributed by atoms with Gasteiger partial charge in [0.05, 0.1) is 10.7 Å². The van der Waals surface area contributed by atoms with Gasteiger partial charge in [0.25, 0.3) is 0 Å². The van der Waals surface area contributed by atoms with Crippen molar-refractivity contribution < 1.29 is 0 Å². The van der Waals surface area contributed by atoms with Crippen molar-refractivity contribution in [1.82, 2.24) is 10.3 Å². The SMILES string of the molecule is CCCNC(C)c1csc(CC2CC2)n1. The number of nitrogens with one attached hydrogen (secondary N) is 1. The highest BCUT2D eigenvalue weighted by atomic mass is 32.1. The lowest BCUT2D eigenvalue weighted by molar-refractivity contribution is 0.559. The van der Waals surface area contributed by atoms with Crippen LogP contribution in [0.4, 0.5) is 0 Å². The average molecular weight is 224 g/mol. The van der Waals surface area contributed by atoms with Gasteiger partial charge in [-0.3, -0.25) is 0 Å². The number of hydrogen-bond donors (Lipinski definition) is 1. The molecule has 0 radical (unpaired) electrons. The molecule has 0 aliphatic heterocycles. The summed E-state index contributed by atoms with van der Waals surface area (Å²) in [5.74, 6) is 0.947. The molecule has 15 heavy (non-hydrogen) atoms. The second-order valence-electron chi connectivity index (χ2n) is 4.49. The molecule has 2 rings (SSSR count). The van der Waals surface area contributed by atoms with Crippen LogP contribution in [0.1, 0.15) is 49.9 Å². The van der Waals surface area contributed by atoms with Crippen molar-refractivity contribution in [2.45, 2.75) is 45.6 Å². The van der Waals surface area contributed by atoms with Crippen LogP contribution in [-0.2, 0) is 6.42 Å². The first-order chi connectivity index (χ1) is 7.29. The Morgan fingerprint density at radius 1 is 1.60 bits per heavy atom. The van der Waals surface area contributed by atoms with Crippen molar-refractivity contribution in [2.75, 3.05) is 6.54 Å². The molecule has 1 aromatic heterocycles. The van der Waals surface area contributed by atoms with Gasteiger partial charge in [-0.25, -0.2) is 4.98 Å². The molecule has 1 saturated carbocycles. The number of nitrogens with zero attached hydrogens (tertiary/aromatic N) is 1. The Hall–Kier alpha value is -0.410. The summed E-state index contributed by atoms with van der Waals surface area (Å²) in [6, 6.07) is 0.411. The van der Waals surface area contributed by atoms with E-state index >= 15 is 0 Å². The molecule has 3 heteroatoms. The Kier molecular flexibility index (Phi) is 3.76. The summed E-state index contributed by atoms with van der Waals surface area (Å²) >= 11 is 1.83. The number of aromatic nitrogens is 1. The second kappa shape index (κ2) is 5.08. The first-order valence-corrected chi connectivity index (χ1v) is 6.85. The Bertz CT molecular complexity index is 304. The monoisotopic (exact) mass is 224 g/mol. The third-order valence-electron chi connectivity index (χ3n) is 2.87. The highest BCUT2D eigenvalue weighted by Crippen LogP contribution is 2.33. The molecule has 0 aromatic carbocycles. The van der Waals surface area contributed by atoms with Gasteiger partial charge in [-0.2, -0.15) is 0 Å². The van der Waals surface area contributed by atoms with Crippen molar-refractivity contribution in [3.05, 3.63) is 16.1 Å². The zero-order valence-corrected chi connectivity index (χ0v) is 10.4. The highest BCUT2D eigenvalue weighted by molar-refractivity contribution is 7.09. The lowest BCUT2D eigenvalue weighted by atomic mass is 10.2. The van der Waals surface area contributed by atoms with Crippen LogP contribution in [0.5, 0.6) is 0 Å². The number of hydrogen-bond acceptors (Lipinski definition) is 3. The van der Waals surface area contributed by atoms with E-state index in [2.05, 4.69) is 24.5 Å². The van der Waals surface area contributed by atoms with Gasteiger partial charge in [0.15, 0.2) is 0 Å². The summed E-state index contributed by atoms with van der Waals surface area (Å²) in [6.45, 7) is 5.47. The van der Waals surface area contributed by atoms with E-state index in [4.69, 9.17) is 4.98 Å². The maximum absolute atomic E-state index is 4.70. The smallest absolute Gasteiger partial charge is 0.0931 e. The molecule has 2 nitrogen and oxygen atoms in total. The molecule has 0 amide bonds. The predicted molar refractivity (Wildman–Crippen MR) is 65.3 cm³/mol. The van der Waals surface area contributed by atoms with Crippen molar-refractivity contribution >= 4 is 11.3 Å². The van der Waals surface area contributed by atoms with Gasteiger partial charge in [0, 0.05) is 17.8 Å². The van der Waals surface area contributed by atoms with Crippen molar-refractivity contribution in [1.29, 1.82) is 0 Å². The fourth-order valence-electron chi connectivity index (χ4n) is 1.65. The van der Waals surface area contributed by atoms with Crippen LogP contribution in [0.25, 0.3) is 0 Å².